The van der Waals surface area contributed by atoms with Gasteiger partial charge in [0.25, 0.3) is 0 Å². The zero-order chi connectivity index (χ0) is 18.0. The lowest BCUT2D eigenvalue weighted by Crippen LogP contribution is -2.06. The molecule has 0 aliphatic carbocycles. The third-order valence-electron chi connectivity index (χ3n) is 4.46. The highest BCUT2D eigenvalue weighted by atomic mass is 79.9. The van der Waals surface area contributed by atoms with E-state index in [1.807, 2.05) is 18.2 Å². The van der Waals surface area contributed by atoms with E-state index in [-0.39, 0.29) is 11.5 Å². The Morgan fingerprint density at radius 3 is 1.96 bits per heavy atom. The van der Waals surface area contributed by atoms with Crippen LogP contribution in [0.25, 0.3) is 0 Å². The van der Waals surface area contributed by atoms with Gasteiger partial charge in [-0.3, -0.25) is 0 Å². The quantitative estimate of drug-likeness (QED) is 0.462. The molecule has 0 saturated carbocycles. The molecule has 0 spiro atoms. The molecule has 25 heavy (non-hydrogen) atoms. The van der Waals surface area contributed by atoms with Gasteiger partial charge in [0.15, 0.2) is 34.5 Å². The largest absolute Gasteiger partial charge is 0.504 e. The first-order valence-corrected chi connectivity index (χ1v) is 9.61. The standard InChI is InChI=1S/C20H23BrO4/c1-3-5-8-12-16(22)17(23)13(9-6-4-2)19-18(12)24-15-11-7-10-14(21)20(15)25-19/h7,10-11,22-23H,3-6,8-9H2,1-2H3. The van der Waals surface area contributed by atoms with E-state index in [2.05, 4.69) is 29.8 Å². The van der Waals surface area contributed by atoms with Crippen molar-refractivity contribution >= 4 is 15.9 Å². The van der Waals surface area contributed by atoms with Gasteiger partial charge in [0, 0.05) is 11.1 Å². The summed E-state index contributed by atoms with van der Waals surface area (Å²) >= 11 is 3.49. The SMILES string of the molecule is CCCCc1c(O)c(O)c(CCCC)c2c1Oc1cccc(Br)c1O2. The highest BCUT2D eigenvalue weighted by molar-refractivity contribution is 9.10. The van der Waals surface area contributed by atoms with Gasteiger partial charge in [0.2, 0.25) is 0 Å². The lowest BCUT2D eigenvalue weighted by molar-refractivity contribution is 0.333. The van der Waals surface area contributed by atoms with Gasteiger partial charge in [-0.25, -0.2) is 0 Å². The fourth-order valence-electron chi connectivity index (χ4n) is 3.04. The summed E-state index contributed by atoms with van der Waals surface area (Å²) in [5.74, 6) is 2.08. The third kappa shape index (κ3) is 3.30. The van der Waals surface area contributed by atoms with Gasteiger partial charge in [-0.1, -0.05) is 32.8 Å². The van der Waals surface area contributed by atoms with Crippen molar-refractivity contribution in [3.05, 3.63) is 33.8 Å². The van der Waals surface area contributed by atoms with E-state index in [4.69, 9.17) is 9.47 Å². The Morgan fingerprint density at radius 1 is 0.840 bits per heavy atom. The van der Waals surface area contributed by atoms with E-state index in [9.17, 15) is 10.2 Å². The van der Waals surface area contributed by atoms with Crippen LogP contribution in [0.5, 0.6) is 34.5 Å². The van der Waals surface area contributed by atoms with Crippen molar-refractivity contribution in [2.24, 2.45) is 0 Å². The number of aromatic hydroxyl groups is 2. The molecular weight excluding hydrogens is 384 g/mol. The zero-order valence-electron chi connectivity index (χ0n) is 14.6. The molecule has 0 bridgehead atoms. The van der Waals surface area contributed by atoms with E-state index in [0.717, 1.165) is 30.2 Å². The average molecular weight is 407 g/mol. The number of unbranched alkanes of at least 4 members (excludes halogenated alkanes) is 2. The van der Waals surface area contributed by atoms with Crippen molar-refractivity contribution in [3.63, 3.8) is 0 Å². The molecule has 2 N–H and O–H groups in total. The molecule has 3 rings (SSSR count). The molecule has 5 heteroatoms. The smallest absolute Gasteiger partial charge is 0.184 e. The Bertz CT molecular complexity index is 786. The number of fused-ring (bicyclic) bond motifs is 2. The zero-order valence-corrected chi connectivity index (χ0v) is 16.1. The molecule has 2 aromatic carbocycles. The van der Waals surface area contributed by atoms with Crippen LogP contribution in [0.15, 0.2) is 22.7 Å². The van der Waals surface area contributed by atoms with Crippen LogP contribution in [0.2, 0.25) is 0 Å². The van der Waals surface area contributed by atoms with E-state index in [1.54, 1.807) is 0 Å². The second-order valence-corrected chi connectivity index (χ2v) is 7.15. The number of phenols is 2. The van der Waals surface area contributed by atoms with Crippen LogP contribution in [-0.2, 0) is 12.8 Å². The molecule has 0 unspecified atom stereocenters. The molecular formula is C20H23BrO4. The Kier molecular flexibility index (Phi) is 5.42. The number of para-hydroxylation sites is 1. The molecule has 0 saturated heterocycles. The Labute approximate surface area is 156 Å². The first-order chi connectivity index (χ1) is 12.1. The minimum atomic E-state index is -0.0857. The van der Waals surface area contributed by atoms with Crippen LogP contribution in [0.3, 0.4) is 0 Å². The lowest BCUT2D eigenvalue weighted by Gasteiger charge is -2.27. The van der Waals surface area contributed by atoms with Gasteiger partial charge in [-0.2, -0.15) is 0 Å². The summed E-state index contributed by atoms with van der Waals surface area (Å²) in [6.45, 7) is 4.17. The molecule has 0 fully saturated rings. The summed E-state index contributed by atoms with van der Waals surface area (Å²) in [5.41, 5.74) is 1.22. The molecule has 0 aromatic heterocycles. The third-order valence-corrected chi connectivity index (χ3v) is 5.08. The fourth-order valence-corrected chi connectivity index (χ4v) is 3.47. The molecule has 1 heterocycles. The number of hydrogen-bond donors (Lipinski definition) is 2. The van der Waals surface area contributed by atoms with Crippen molar-refractivity contribution < 1.29 is 19.7 Å². The second kappa shape index (κ2) is 7.56. The van der Waals surface area contributed by atoms with Crippen molar-refractivity contribution in [1.82, 2.24) is 0 Å². The molecule has 0 amide bonds. The van der Waals surface area contributed by atoms with Crippen LogP contribution in [0, 0.1) is 0 Å². The second-order valence-electron chi connectivity index (χ2n) is 6.29. The molecule has 2 aromatic rings. The maximum Gasteiger partial charge on any atom is 0.184 e. The molecule has 0 radical (unpaired) electrons. The minimum Gasteiger partial charge on any atom is -0.504 e. The number of phenolic OH excluding ortho intramolecular Hbond substituents is 2. The summed E-state index contributed by atoms with van der Waals surface area (Å²) in [4.78, 5) is 0. The number of rotatable bonds is 6. The first-order valence-electron chi connectivity index (χ1n) is 8.82. The van der Waals surface area contributed by atoms with Gasteiger partial charge in [0.1, 0.15) is 0 Å². The topological polar surface area (TPSA) is 58.9 Å². The Morgan fingerprint density at radius 2 is 1.40 bits per heavy atom. The van der Waals surface area contributed by atoms with Gasteiger partial charge in [-0.15, -0.1) is 0 Å². The van der Waals surface area contributed by atoms with Crippen LogP contribution in [0.1, 0.15) is 50.7 Å². The summed E-state index contributed by atoms with van der Waals surface area (Å²) in [7, 11) is 0. The maximum atomic E-state index is 10.6. The summed E-state index contributed by atoms with van der Waals surface area (Å²) in [5, 5.41) is 21.1. The van der Waals surface area contributed by atoms with E-state index in [1.165, 1.54) is 0 Å². The molecule has 1 aliphatic heterocycles. The maximum absolute atomic E-state index is 10.6. The van der Waals surface area contributed by atoms with E-state index < -0.39 is 0 Å². The van der Waals surface area contributed by atoms with Crippen molar-refractivity contribution in [2.45, 2.75) is 52.4 Å². The van der Waals surface area contributed by atoms with Crippen LogP contribution >= 0.6 is 15.9 Å². The molecule has 1 aliphatic rings. The number of halogens is 1. The monoisotopic (exact) mass is 406 g/mol. The summed E-state index contributed by atoms with van der Waals surface area (Å²) < 4.78 is 13.1. The molecule has 4 nitrogen and oxygen atoms in total. The number of ether oxygens (including phenoxy) is 2. The van der Waals surface area contributed by atoms with Crippen molar-refractivity contribution in [3.8, 4) is 34.5 Å². The van der Waals surface area contributed by atoms with Gasteiger partial charge in [0.05, 0.1) is 4.47 Å². The average Bonchev–Trinajstić information content (AvgIpc) is 2.61. The van der Waals surface area contributed by atoms with E-state index >= 15 is 0 Å². The van der Waals surface area contributed by atoms with Crippen molar-refractivity contribution in [2.75, 3.05) is 0 Å². The highest BCUT2D eigenvalue weighted by Gasteiger charge is 2.31. The summed E-state index contributed by atoms with van der Waals surface area (Å²) in [6, 6.07) is 5.60. The normalized spacial score (nSPS) is 12.1. The van der Waals surface area contributed by atoms with E-state index in [0.29, 0.717) is 47.0 Å². The first kappa shape index (κ1) is 17.9. The van der Waals surface area contributed by atoms with Gasteiger partial charge in [-0.05, 0) is 53.7 Å². The van der Waals surface area contributed by atoms with Crippen LogP contribution < -0.4 is 9.47 Å². The van der Waals surface area contributed by atoms with Crippen molar-refractivity contribution in [1.29, 1.82) is 0 Å². The van der Waals surface area contributed by atoms with Crippen LogP contribution in [-0.4, -0.2) is 10.2 Å². The summed E-state index contributed by atoms with van der Waals surface area (Å²) in [6.07, 6.45) is 4.99. The number of hydrogen-bond acceptors (Lipinski definition) is 4. The predicted octanol–water partition coefficient (Wildman–Crippen LogP) is 6.44. The fraction of sp³-hybridized carbons (Fsp3) is 0.400. The molecule has 134 valence electrons. The predicted molar refractivity (Wildman–Crippen MR) is 101 cm³/mol. The van der Waals surface area contributed by atoms with Gasteiger partial charge >= 0.3 is 0 Å². The Balaban J connectivity index is 2.16. The highest BCUT2D eigenvalue weighted by Crippen LogP contribution is 2.56. The molecule has 0 atom stereocenters. The Hall–Kier alpha value is -1.88. The minimum absolute atomic E-state index is 0.0830. The number of benzene rings is 2. The van der Waals surface area contributed by atoms with Gasteiger partial charge < -0.3 is 19.7 Å². The van der Waals surface area contributed by atoms with Crippen LogP contribution in [0.4, 0.5) is 0 Å². The lowest BCUT2D eigenvalue weighted by atomic mass is 9.97.